The second-order valence-corrected chi connectivity index (χ2v) is 6.48. The van der Waals surface area contributed by atoms with E-state index in [1.807, 2.05) is 48.5 Å². The first-order chi connectivity index (χ1) is 13.2. The summed E-state index contributed by atoms with van der Waals surface area (Å²) in [6, 6.07) is 28.3. The molecule has 3 aromatic rings. The third kappa shape index (κ3) is 3.75. The number of hydrazone groups is 1. The van der Waals surface area contributed by atoms with Crippen molar-refractivity contribution in [3.05, 3.63) is 96.1 Å². The van der Waals surface area contributed by atoms with Crippen molar-refractivity contribution in [2.24, 2.45) is 5.10 Å². The Morgan fingerprint density at radius 2 is 1.56 bits per heavy atom. The SMILES string of the molecule is CC(=O)Oc1ccc(C2=NN(c3ccccc3)[C@@H](c3ccccc3)C2)cc1. The summed E-state index contributed by atoms with van der Waals surface area (Å²) < 4.78 is 5.12. The Morgan fingerprint density at radius 3 is 2.19 bits per heavy atom. The highest BCUT2D eigenvalue weighted by Crippen LogP contribution is 2.36. The van der Waals surface area contributed by atoms with Gasteiger partial charge in [0, 0.05) is 13.3 Å². The number of ether oxygens (including phenoxy) is 1. The molecule has 0 aliphatic carbocycles. The zero-order valence-corrected chi connectivity index (χ0v) is 15.1. The van der Waals surface area contributed by atoms with Crippen LogP contribution < -0.4 is 9.75 Å². The molecule has 134 valence electrons. The van der Waals surface area contributed by atoms with Crippen LogP contribution in [-0.4, -0.2) is 11.7 Å². The fraction of sp³-hybridized carbons (Fsp3) is 0.130. The van der Waals surface area contributed by atoms with Crippen molar-refractivity contribution >= 4 is 17.4 Å². The van der Waals surface area contributed by atoms with E-state index >= 15 is 0 Å². The van der Waals surface area contributed by atoms with E-state index in [2.05, 4.69) is 41.4 Å². The maximum Gasteiger partial charge on any atom is 0.308 e. The van der Waals surface area contributed by atoms with Crippen LogP contribution in [0.5, 0.6) is 5.75 Å². The number of anilines is 1. The molecule has 1 heterocycles. The van der Waals surface area contributed by atoms with Gasteiger partial charge in [0.15, 0.2) is 0 Å². The summed E-state index contributed by atoms with van der Waals surface area (Å²) in [7, 11) is 0. The predicted molar refractivity (Wildman–Crippen MR) is 107 cm³/mol. The average Bonchev–Trinajstić information content (AvgIpc) is 3.15. The normalized spacial score (nSPS) is 16.1. The number of para-hydroxylation sites is 1. The van der Waals surface area contributed by atoms with Crippen LogP contribution in [0.1, 0.15) is 30.5 Å². The molecule has 0 N–H and O–H groups in total. The summed E-state index contributed by atoms with van der Waals surface area (Å²) >= 11 is 0. The molecule has 4 rings (SSSR count). The Bertz CT molecular complexity index is 951. The standard InChI is InChI=1S/C23H20N2O2/c1-17(26)27-21-14-12-18(13-15-21)22-16-23(19-8-4-2-5-9-19)25(24-22)20-10-6-3-7-11-20/h2-15,23H,16H2,1H3/t23-/m1/s1. The molecular weight excluding hydrogens is 336 g/mol. The van der Waals surface area contributed by atoms with Gasteiger partial charge in [0.05, 0.1) is 17.4 Å². The predicted octanol–water partition coefficient (Wildman–Crippen LogP) is 4.97. The quantitative estimate of drug-likeness (QED) is 0.490. The van der Waals surface area contributed by atoms with Crippen LogP contribution in [0, 0.1) is 0 Å². The summed E-state index contributed by atoms with van der Waals surface area (Å²) in [6.07, 6.45) is 0.811. The van der Waals surface area contributed by atoms with Gasteiger partial charge < -0.3 is 4.74 Å². The van der Waals surface area contributed by atoms with Gasteiger partial charge in [-0.15, -0.1) is 0 Å². The Balaban J connectivity index is 1.66. The summed E-state index contributed by atoms with van der Waals surface area (Å²) in [5.74, 6) is 0.227. The van der Waals surface area contributed by atoms with Crippen LogP contribution >= 0.6 is 0 Å². The molecular formula is C23H20N2O2. The third-order valence-electron chi connectivity index (χ3n) is 4.56. The van der Waals surface area contributed by atoms with Gasteiger partial charge in [-0.3, -0.25) is 9.80 Å². The lowest BCUT2D eigenvalue weighted by atomic mass is 9.98. The van der Waals surface area contributed by atoms with Crippen molar-refractivity contribution in [1.82, 2.24) is 0 Å². The summed E-state index contributed by atoms with van der Waals surface area (Å²) in [4.78, 5) is 11.1. The molecule has 0 bridgehead atoms. The van der Waals surface area contributed by atoms with E-state index in [0.29, 0.717) is 5.75 Å². The molecule has 0 fully saturated rings. The number of benzene rings is 3. The molecule has 0 unspecified atom stereocenters. The minimum Gasteiger partial charge on any atom is -0.427 e. The molecule has 0 spiro atoms. The van der Waals surface area contributed by atoms with E-state index in [4.69, 9.17) is 9.84 Å². The number of hydrogen-bond donors (Lipinski definition) is 0. The number of rotatable bonds is 4. The van der Waals surface area contributed by atoms with E-state index in [9.17, 15) is 4.79 Å². The van der Waals surface area contributed by atoms with Crippen molar-refractivity contribution in [3.8, 4) is 5.75 Å². The number of carbonyl (C=O) groups excluding carboxylic acids is 1. The summed E-state index contributed by atoms with van der Waals surface area (Å²) in [6.45, 7) is 1.40. The molecule has 4 nitrogen and oxygen atoms in total. The Labute approximate surface area is 158 Å². The van der Waals surface area contributed by atoms with Crippen LogP contribution in [-0.2, 0) is 4.79 Å². The zero-order chi connectivity index (χ0) is 18.6. The van der Waals surface area contributed by atoms with Crippen LogP contribution in [0.25, 0.3) is 0 Å². The van der Waals surface area contributed by atoms with Crippen LogP contribution in [0.2, 0.25) is 0 Å². The van der Waals surface area contributed by atoms with E-state index in [1.54, 1.807) is 0 Å². The van der Waals surface area contributed by atoms with Crippen molar-refractivity contribution in [2.75, 3.05) is 5.01 Å². The molecule has 1 aliphatic rings. The second-order valence-electron chi connectivity index (χ2n) is 6.48. The van der Waals surface area contributed by atoms with Gasteiger partial charge in [0.1, 0.15) is 5.75 Å². The van der Waals surface area contributed by atoms with Gasteiger partial charge in [-0.2, -0.15) is 5.10 Å². The first-order valence-corrected chi connectivity index (χ1v) is 8.96. The molecule has 4 heteroatoms. The van der Waals surface area contributed by atoms with Crippen LogP contribution in [0.3, 0.4) is 0 Å². The van der Waals surface area contributed by atoms with Crippen molar-refractivity contribution in [3.63, 3.8) is 0 Å². The van der Waals surface area contributed by atoms with Gasteiger partial charge in [-0.05, 0) is 47.5 Å². The zero-order valence-electron chi connectivity index (χ0n) is 15.1. The van der Waals surface area contributed by atoms with E-state index < -0.39 is 0 Å². The second kappa shape index (κ2) is 7.46. The minimum absolute atomic E-state index is 0.150. The third-order valence-corrected chi connectivity index (χ3v) is 4.56. The van der Waals surface area contributed by atoms with Gasteiger partial charge in [0.25, 0.3) is 0 Å². The average molecular weight is 356 g/mol. The summed E-state index contributed by atoms with van der Waals surface area (Å²) in [5.41, 5.74) is 4.35. The number of esters is 1. The first kappa shape index (κ1) is 17.0. The van der Waals surface area contributed by atoms with Gasteiger partial charge >= 0.3 is 5.97 Å². The maximum absolute atomic E-state index is 11.1. The molecule has 0 amide bonds. The maximum atomic E-state index is 11.1. The topological polar surface area (TPSA) is 41.9 Å². The lowest BCUT2D eigenvalue weighted by Crippen LogP contribution is -2.18. The monoisotopic (exact) mass is 356 g/mol. The van der Waals surface area contributed by atoms with Crippen molar-refractivity contribution < 1.29 is 9.53 Å². The van der Waals surface area contributed by atoms with Gasteiger partial charge in [-0.25, -0.2) is 0 Å². The fourth-order valence-corrected chi connectivity index (χ4v) is 3.32. The smallest absolute Gasteiger partial charge is 0.308 e. The number of carbonyl (C=O) groups is 1. The Kier molecular flexibility index (Phi) is 4.71. The Morgan fingerprint density at radius 1 is 0.926 bits per heavy atom. The van der Waals surface area contributed by atoms with Crippen LogP contribution in [0.4, 0.5) is 5.69 Å². The molecule has 0 aromatic heterocycles. The fourth-order valence-electron chi connectivity index (χ4n) is 3.32. The van der Waals surface area contributed by atoms with E-state index in [0.717, 1.165) is 23.4 Å². The summed E-state index contributed by atoms with van der Waals surface area (Å²) in [5, 5.41) is 7.01. The largest absolute Gasteiger partial charge is 0.427 e. The molecule has 0 saturated heterocycles. The highest BCUT2D eigenvalue weighted by molar-refractivity contribution is 6.03. The molecule has 0 radical (unpaired) electrons. The number of nitrogens with zero attached hydrogens (tertiary/aromatic N) is 2. The molecule has 1 atom stereocenters. The van der Waals surface area contributed by atoms with Gasteiger partial charge in [-0.1, -0.05) is 48.5 Å². The van der Waals surface area contributed by atoms with Gasteiger partial charge in [0.2, 0.25) is 0 Å². The lowest BCUT2D eigenvalue weighted by Gasteiger charge is -2.23. The lowest BCUT2D eigenvalue weighted by molar-refractivity contribution is -0.131. The van der Waals surface area contributed by atoms with Crippen LogP contribution in [0.15, 0.2) is 90.0 Å². The Hall–Kier alpha value is -3.40. The van der Waals surface area contributed by atoms with E-state index in [1.165, 1.54) is 12.5 Å². The van der Waals surface area contributed by atoms with Crippen molar-refractivity contribution in [2.45, 2.75) is 19.4 Å². The first-order valence-electron chi connectivity index (χ1n) is 8.96. The molecule has 27 heavy (non-hydrogen) atoms. The van der Waals surface area contributed by atoms with E-state index in [-0.39, 0.29) is 12.0 Å². The number of hydrogen-bond acceptors (Lipinski definition) is 4. The molecule has 1 aliphatic heterocycles. The highest BCUT2D eigenvalue weighted by atomic mass is 16.5. The highest BCUT2D eigenvalue weighted by Gasteiger charge is 2.29. The van der Waals surface area contributed by atoms with Crippen molar-refractivity contribution in [1.29, 1.82) is 0 Å². The molecule has 0 saturated carbocycles. The molecule has 3 aromatic carbocycles. The minimum atomic E-state index is -0.319.